The van der Waals surface area contributed by atoms with Crippen LogP contribution < -0.4 is 56.7 Å². The molecule has 0 aromatic heterocycles. The molecule has 1 heterocycles. The average molecular weight is 166 g/mol. The second-order valence-electron chi connectivity index (χ2n) is 3.51. The Labute approximate surface area is 106 Å². The summed E-state index contributed by atoms with van der Waals surface area (Å²) < 4.78 is 0. The zero-order valence-electron chi connectivity index (χ0n) is 7.20. The van der Waals surface area contributed by atoms with Gasteiger partial charge in [0.15, 0.2) is 0 Å². The van der Waals surface area contributed by atoms with Gasteiger partial charge in [0.25, 0.3) is 0 Å². The predicted octanol–water partition coefficient (Wildman–Crippen LogP) is -1.57. The van der Waals surface area contributed by atoms with Crippen molar-refractivity contribution in [3.63, 3.8) is 0 Å². The first-order valence-electron chi connectivity index (χ1n) is 3.55. The normalized spacial score (nSPS) is 30.9. The molecule has 0 spiro atoms. The van der Waals surface area contributed by atoms with Gasteiger partial charge in [-0.15, -0.1) is 6.04 Å². The first kappa shape index (κ1) is 11.6. The Morgan fingerprint density at radius 2 is 2.10 bits per heavy atom. The van der Waals surface area contributed by atoms with Crippen molar-refractivity contribution in [1.29, 1.82) is 0 Å². The van der Waals surface area contributed by atoms with Crippen LogP contribution >= 0.6 is 0 Å². The van der Waals surface area contributed by atoms with Gasteiger partial charge in [-0.3, -0.25) is 0 Å². The van der Waals surface area contributed by atoms with Gasteiger partial charge in [0.05, 0.1) is 0 Å². The summed E-state index contributed by atoms with van der Waals surface area (Å²) in [6.45, 7) is 6.33. The van der Waals surface area contributed by atoms with E-state index in [1.807, 2.05) is 0 Å². The molecular formula is C7H15KN2. The summed E-state index contributed by atoms with van der Waals surface area (Å²) in [7, 11) is 0. The van der Waals surface area contributed by atoms with Crippen molar-refractivity contribution in [2.75, 3.05) is 13.1 Å². The van der Waals surface area contributed by atoms with Crippen LogP contribution in [0.2, 0.25) is 0 Å². The SMILES string of the molecule is CC1(C)CNCCC1[NH-].[K+]. The Bertz CT molecular complexity index is 104. The summed E-state index contributed by atoms with van der Waals surface area (Å²) in [5.74, 6) is 0. The second kappa shape index (κ2) is 4.55. The van der Waals surface area contributed by atoms with Crippen LogP contribution in [0.1, 0.15) is 20.3 Å². The first-order valence-corrected chi connectivity index (χ1v) is 3.55. The van der Waals surface area contributed by atoms with Gasteiger partial charge in [0.2, 0.25) is 0 Å². The molecule has 0 radical (unpaired) electrons. The van der Waals surface area contributed by atoms with Gasteiger partial charge < -0.3 is 11.1 Å². The van der Waals surface area contributed by atoms with Crippen LogP contribution in [0.4, 0.5) is 0 Å². The predicted molar refractivity (Wildman–Crippen MR) is 39.4 cm³/mol. The van der Waals surface area contributed by atoms with E-state index in [2.05, 4.69) is 19.2 Å². The summed E-state index contributed by atoms with van der Waals surface area (Å²) in [6.07, 6.45) is 1.01. The summed E-state index contributed by atoms with van der Waals surface area (Å²) >= 11 is 0. The molecule has 2 nitrogen and oxygen atoms in total. The largest absolute Gasteiger partial charge is 1.00 e. The van der Waals surface area contributed by atoms with Crippen molar-refractivity contribution < 1.29 is 51.4 Å². The molecule has 1 rings (SSSR count). The summed E-state index contributed by atoms with van der Waals surface area (Å²) in [6, 6.07) is 0.138. The smallest absolute Gasteiger partial charge is 0.674 e. The Hall–Kier alpha value is 1.56. The molecule has 1 atom stereocenters. The Balaban J connectivity index is 0.000000810. The molecule has 10 heavy (non-hydrogen) atoms. The van der Waals surface area contributed by atoms with E-state index in [1.54, 1.807) is 0 Å². The summed E-state index contributed by atoms with van der Waals surface area (Å²) in [5, 5.41) is 3.29. The fourth-order valence-corrected chi connectivity index (χ4v) is 1.17. The van der Waals surface area contributed by atoms with Crippen molar-refractivity contribution in [2.24, 2.45) is 5.41 Å². The molecular weight excluding hydrogens is 151 g/mol. The molecule has 1 aliphatic heterocycles. The quantitative estimate of drug-likeness (QED) is 0.434. The maximum Gasteiger partial charge on any atom is 1.00 e. The third-order valence-corrected chi connectivity index (χ3v) is 2.13. The molecule has 0 amide bonds. The van der Waals surface area contributed by atoms with Crippen molar-refractivity contribution in [3.05, 3.63) is 5.73 Å². The van der Waals surface area contributed by atoms with Gasteiger partial charge in [0, 0.05) is 0 Å². The molecule has 0 bridgehead atoms. The Morgan fingerprint density at radius 1 is 1.50 bits per heavy atom. The third-order valence-electron chi connectivity index (χ3n) is 2.13. The minimum absolute atomic E-state index is 0. The van der Waals surface area contributed by atoms with E-state index in [0.29, 0.717) is 0 Å². The average Bonchev–Trinajstić information content (AvgIpc) is 1.77. The third kappa shape index (κ3) is 2.89. The van der Waals surface area contributed by atoms with Gasteiger partial charge in [0.1, 0.15) is 0 Å². The van der Waals surface area contributed by atoms with Crippen LogP contribution in [0, 0.1) is 5.41 Å². The molecule has 3 heteroatoms. The standard InChI is InChI=1S/C7H15N2.K/c1-7(2)5-9-4-3-6(7)8;/h6,8-9H,3-5H2,1-2H3;/q-1;+1. The monoisotopic (exact) mass is 166 g/mol. The van der Waals surface area contributed by atoms with Crippen LogP contribution in [0.3, 0.4) is 0 Å². The van der Waals surface area contributed by atoms with Crippen LogP contribution in [0.15, 0.2) is 0 Å². The molecule has 1 saturated heterocycles. The van der Waals surface area contributed by atoms with Crippen LogP contribution in [0.5, 0.6) is 0 Å². The molecule has 54 valence electrons. The topological polar surface area (TPSA) is 35.8 Å². The molecule has 0 aliphatic carbocycles. The second-order valence-corrected chi connectivity index (χ2v) is 3.51. The van der Waals surface area contributed by atoms with Crippen molar-refractivity contribution in [3.8, 4) is 0 Å². The van der Waals surface area contributed by atoms with Crippen LogP contribution in [-0.2, 0) is 0 Å². The number of rotatable bonds is 0. The zero-order valence-corrected chi connectivity index (χ0v) is 10.3. The fourth-order valence-electron chi connectivity index (χ4n) is 1.17. The number of hydrogen-bond donors (Lipinski definition) is 1. The van der Waals surface area contributed by atoms with Gasteiger partial charge in [-0.05, 0) is 18.5 Å². The minimum Gasteiger partial charge on any atom is -0.674 e. The van der Waals surface area contributed by atoms with Crippen molar-refractivity contribution in [2.45, 2.75) is 26.3 Å². The maximum absolute atomic E-state index is 7.63. The molecule has 1 fully saturated rings. The fraction of sp³-hybridized carbons (Fsp3) is 1.00. The van der Waals surface area contributed by atoms with Crippen molar-refractivity contribution >= 4 is 0 Å². The Kier molecular flexibility index (Phi) is 5.26. The van der Waals surface area contributed by atoms with Crippen LogP contribution in [0.25, 0.3) is 5.73 Å². The minimum atomic E-state index is 0. The van der Waals surface area contributed by atoms with E-state index in [-0.39, 0.29) is 62.8 Å². The van der Waals surface area contributed by atoms with E-state index in [0.717, 1.165) is 19.5 Å². The molecule has 1 unspecified atom stereocenters. The van der Waals surface area contributed by atoms with Gasteiger partial charge in [-0.1, -0.05) is 20.3 Å². The zero-order chi connectivity index (χ0) is 6.91. The Morgan fingerprint density at radius 3 is 2.40 bits per heavy atom. The van der Waals surface area contributed by atoms with Gasteiger partial charge in [-0.2, -0.15) is 0 Å². The van der Waals surface area contributed by atoms with Gasteiger partial charge in [-0.25, -0.2) is 0 Å². The number of piperidine rings is 1. The number of hydrogen-bond acceptors (Lipinski definition) is 1. The van der Waals surface area contributed by atoms with E-state index in [4.69, 9.17) is 5.73 Å². The molecule has 0 aromatic rings. The van der Waals surface area contributed by atoms with Crippen LogP contribution in [-0.4, -0.2) is 19.1 Å². The van der Waals surface area contributed by atoms with E-state index in [9.17, 15) is 0 Å². The first-order chi connectivity index (χ1) is 4.13. The van der Waals surface area contributed by atoms with Crippen molar-refractivity contribution in [1.82, 2.24) is 5.32 Å². The van der Waals surface area contributed by atoms with E-state index in [1.165, 1.54) is 0 Å². The molecule has 1 aliphatic rings. The number of nitrogens with one attached hydrogen (secondary N) is 2. The molecule has 0 saturated carbocycles. The summed E-state index contributed by atoms with van der Waals surface area (Å²) in [4.78, 5) is 0. The van der Waals surface area contributed by atoms with E-state index < -0.39 is 0 Å². The molecule has 2 N–H and O–H groups in total. The maximum atomic E-state index is 7.63. The molecule has 0 aromatic carbocycles. The van der Waals surface area contributed by atoms with Gasteiger partial charge >= 0.3 is 51.4 Å². The summed E-state index contributed by atoms with van der Waals surface area (Å²) in [5.41, 5.74) is 7.83. The van der Waals surface area contributed by atoms with E-state index >= 15 is 0 Å².